The molecule has 0 radical (unpaired) electrons. The Morgan fingerprint density at radius 3 is 2.57 bits per heavy atom. The van der Waals surface area contributed by atoms with Crippen molar-refractivity contribution in [3.63, 3.8) is 0 Å². The van der Waals surface area contributed by atoms with Gasteiger partial charge in [0.25, 0.3) is 5.91 Å². The fraction of sp³-hybridized carbons (Fsp3) is 0.154. The summed E-state index contributed by atoms with van der Waals surface area (Å²) in [6.45, 7) is 0. The SMILES string of the molecule is COc1ncccc1C(=O)Nc1ccc(C(F)(F)F)nc1. The van der Waals surface area contributed by atoms with E-state index >= 15 is 0 Å². The maximum Gasteiger partial charge on any atom is 0.433 e. The number of nitrogens with zero attached hydrogens (tertiary/aromatic N) is 2. The second-order valence-corrected chi connectivity index (χ2v) is 3.94. The number of rotatable bonds is 3. The smallest absolute Gasteiger partial charge is 0.433 e. The van der Waals surface area contributed by atoms with Gasteiger partial charge in [-0.25, -0.2) is 9.97 Å². The van der Waals surface area contributed by atoms with Crippen molar-refractivity contribution in [3.8, 4) is 5.88 Å². The third-order valence-electron chi connectivity index (χ3n) is 2.52. The minimum absolute atomic E-state index is 0.120. The van der Waals surface area contributed by atoms with Crippen LogP contribution in [0, 0.1) is 0 Å². The maximum atomic E-state index is 12.4. The van der Waals surface area contributed by atoms with Crippen LogP contribution in [-0.4, -0.2) is 23.0 Å². The lowest BCUT2D eigenvalue weighted by atomic mass is 10.2. The van der Waals surface area contributed by atoms with Crippen LogP contribution in [0.1, 0.15) is 16.1 Å². The summed E-state index contributed by atoms with van der Waals surface area (Å²) in [4.78, 5) is 19.1. The van der Waals surface area contributed by atoms with E-state index < -0.39 is 17.8 Å². The fourth-order valence-electron chi connectivity index (χ4n) is 1.56. The van der Waals surface area contributed by atoms with Gasteiger partial charge in [0.15, 0.2) is 0 Å². The van der Waals surface area contributed by atoms with Crippen LogP contribution in [-0.2, 0) is 6.18 Å². The largest absolute Gasteiger partial charge is 0.480 e. The highest BCUT2D eigenvalue weighted by atomic mass is 19.4. The summed E-state index contributed by atoms with van der Waals surface area (Å²) in [5, 5.41) is 2.42. The van der Waals surface area contributed by atoms with Crippen molar-refractivity contribution in [3.05, 3.63) is 47.9 Å². The van der Waals surface area contributed by atoms with E-state index in [1.54, 1.807) is 6.07 Å². The molecule has 0 unspecified atom stereocenters. The zero-order valence-electron chi connectivity index (χ0n) is 10.8. The second-order valence-electron chi connectivity index (χ2n) is 3.94. The zero-order chi connectivity index (χ0) is 15.5. The lowest BCUT2D eigenvalue weighted by molar-refractivity contribution is -0.141. The Balaban J connectivity index is 2.16. The van der Waals surface area contributed by atoms with Crippen LogP contribution in [0.3, 0.4) is 0 Å². The molecule has 2 aromatic heterocycles. The second kappa shape index (κ2) is 5.78. The first-order chi connectivity index (χ1) is 9.91. The van der Waals surface area contributed by atoms with Crippen molar-refractivity contribution >= 4 is 11.6 Å². The first-order valence-electron chi connectivity index (χ1n) is 5.75. The number of aromatic nitrogens is 2. The molecule has 2 rings (SSSR count). The zero-order valence-corrected chi connectivity index (χ0v) is 10.8. The van der Waals surface area contributed by atoms with Crippen molar-refractivity contribution in [2.24, 2.45) is 0 Å². The standard InChI is InChI=1S/C13H10F3N3O2/c1-21-12-9(3-2-6-17-12)11(20)19-8-4-5-10(18-7-8)13(14,15)16/h2-7H,1H3,(H,19,20). The molecular weight excluding hydrogens is 287 g/mol. The highest BCUT2D eigenvalue weighted by Crippen LogP contribution is 2.28. The highest BCUT2D eigenvalue weighted by molar-refractivity contribution is 6.05. The van der Waals surface area contributed by atoms with Crippen molar-refractivity contribution in [1.82, 2.24) is 9.97 Å². The Hall–Kier alpha value is -2.64. The van der Waals surface area contributed by atoms with Crippen LogP contribution in [0.4, 0.5) is 18.9 Å². The van der Waals surface area contributed by atoms with Gasteiger partial charge in [-0.05, 0) is 24.3 Å². The molecule has 0 bridgehead atoms. The number of ether oxygens (including phenoxy) is 1. The van der Waals surface area contributed by atoms with Gasteiger partial charge in [0.1, 0.15) is 11.3 Å². The lowest BCUT2D eigenvalue weighted by Gasteiger charge is -2.09. The number of hydrogen-bond donors (Lipinski definition) is 1. The van der Waals surface area contributed by atoms with Crippen LogP contribution in [0.5, 0.6) is 5.88 Å². The fourth-order valence-corrected chi connectivity index (χ4v) is 1.56. The molecular formula is C13H10F3N3O2. The average molecular weight is 297 g/mol. The molecule has 8 heteroatoms. The summed E-state index contributed by atoms with van der Waals surface area (Å²) < 4.78 is 42.0. The summed E-state index contributed by atoms with van der Waals surface area (Å²) >= 11 is 0. The van der Waals surface area contributed by atoms with Gasteiger partial charge < -0.3 is 10.1 Å². The number of anilines is 1. The number of hydrogen-bond acceptors (Lipinski definition) is 4. The Morgan fingerprint density at radius 1 is 1.24 bits per heavy atom. The molecule has 0 aliphatic heterocycles. The topological polar surface area (TPSA) is 64.1 Å². The molecule has 0 atom stereocenters. The number of nitrogens with one attached hydrogen (secondary N) is 1. The van der Waals surface area contributed by atoms with Gasteiger partial charge in [-0.15, -0.1) is 0 Å². The van der Waals surface area contributed by atoms with Gasteiger partial charge in [-0.2, -0.15) is 13.2 Å². The molecule has 21 heavy (non-hydrogen) atoms. The maximum absolute atomic E-state index is 12.4. The highest BCUT2D eigenvalue weighted by Gasteiger charge is 2.32. The monoisotopic (exact) mass is 297 g/mol. The van der Waals surface area contributed by atoms with Crippen molar-refractivity contribution in [2.75, 3.05) is 12.4 Å². The molecule has 110 valence electrons. The third kappa shape index (κ3) is 3.47. The first-order valence-corrected chi connectivity index (χ1v) is 5.75. The van der Waals surface area contributed by atoms with Gasteiger partial charge in [0, 0.05) is 6.20 Å². The van der Waals surface area contributed by atoms with Crippen LogP contribution < -0.4 is 10.1 Å². The van der Waals surface area contributed by atoms with E-state index in [4.69, 9.17) is 4.74 Å². The van der Waals surface area contributed by atoms with Crippen LogP contribution >= 0.6 is 0 Å². The van der Waals surface area contributed by atoms with Crippen LogP contribution in [0.2, 0.25) is 0 Å². The number of alkyl halides is 3. The van der Waals surface area contributed by atoms with E-state index in [1.807, 2.05) is 0 Å². The number of carbonyl (C=O) groups is 1. The van der Waals surface area contributed by atoms with Crippen molar-refractivity contribution in [1.29, 1.82) is 0 Å². The first kappa shape index (κ1) is 14.8. The molecule has 2 heterocycles. The molecule has 0 saturated heterocycles. The minimum atomic E-state index is -4.52. The van der Waals surface area contributed by atoms with Gasteiger partial charge in [0.2, 0.25) is 5.88 Å². The summed E-state index contributed by atoms with van der Waals surface area (Å²) in [6.07, 6.45) is -2.13. The van der Waals surface area contributed by atoms with E-state index in [0.717, 1.165) is 18.3 Å². The molecule has 0 saturated carbocycles. The average Bonchev–Trinajstić information content (AvgIpc) is 2.46. The van der Waals surface area contributed by atoms with Crippen molar-refractivity contribution < 1.29 is 22.7 Å². The summed E-state index contributed by atoms with van der Waals surface area (Å²) in [6, 6.07) is 4.94. The van der Waals surface area contributed by atoms with Gasteiger partial charge in [-0.1, -0.05) is 0 Å². The summed E-state index contributed by atoms with van der Waals surface area (Å²) in [7, 11) is 1.36. The molecule has 0 aromatic carbocycles. The third-order valence-corrected chi connectivity index (χ3v) is 2.52. The van der Waals surface area contributed by atoms with E-state index in [1.165, 1.54) is 19.4 Å². The number of amides is 1. The molecule has 0 fully saturated rings. The Morgan fingerprint density at radius 2 is 2.00 bits per heavy atom. The molecule has 0 aliphatic rings. The van der Waals surface area contributed by atoms with E-state index in [0.29, 0.717) is 0 Å². The molecule has 5 nitrogen and oxygen atoms in total. The predicted molar refractivity (Wildman–Crippen MR) is 68.0 cm³/mol. The number of methoxy groups -OCH3 is 1. The Bertz CT molecular complexity index is 642. The Kier molecular flexibility index (Phi) is 4.06. The summed E-state index contributed by atoms with van der Waals surface area (Å²) in [5.74, 6) is -0.434. The number of halogens is 3. The van der Waals surface area contributed by atoms with Gasteiger partial charge in [0.05, 0.1) is 19.0 Å². The van der Waals surface area contributed by atoms with Gasteiger partial charge in [-0.3, -0.25) is 4.79 Å². The molecule has 1 N–H and O–H groups in total. The molecule has 1 amide bonds. The molecule has 0 aliphatic carbocycles. The quantitative estimate of drug-likeness (QED) is 0.946. The van der Waals surface area contributed by atoms with E-state index in [-0.39, 0.29) is 17.1 Å². The van der Waals surface area contributed by atoms with Gasteiger partial charge >= 0.3 is 6.18 Å². The van der Waals surface area contributed by atoms with Crippen molar-refractivity contribution in [2.45, 2.75) is 6.18 Å². The Labute approximate surface area is 117 Å². The van der Waals surface area contributed by atoms with E-state index in [2.05, 4.69) is 15.3 Å². The minimum Gasteiger partial charge on any atom is -0.480 e. The molecule has 2 aromatic rings. The number of carbonyl (C=O) groups excluding carboxylic acids is 1. The normalized spacial score (nSPS) is 11.0. The van der Waals surface area contributed by atoms with Crippen LogP contribution in [0.15, 0.2) is 36.7 Å². The summed E-state index contributed by atoms with van der Waals surface area (Å²) in [5.41, 5.74) is -0.724. The lowest BCUT2D eigenvalue weighted by Crippen LogP contribution is -2.14. The molecule has 0 spiro atoms. The van der Waals surface area contributed by atoms with E-state index in [9.17, 15) is 18.0 Å². The predicted octanol–water partition coefficient (Wildman–Crippen LogP) is 2.76. The number of pyridine rings is 2. The van der Waals surface area contributed by atoms with Crippen LogP contribution in [0.25, 0.3) is 0 Å².